The Kier molecular flexibility index (Phi) is 17.1. The lowest BCUT2D eigenvalue weighted by atomic mass is 10.0. The van der Waals surface area contributed by atoms with E-state index in [1.165, 1.54) is 88.2 Å². The van der Waals surface area contributed by atoms with Gasteiger partial charge in [-0.25, -0.2) is 0 Å². The molecule has 0 atom stereocenters. The topological polar surface area (TPSA) is 9.23 Å². The Balaban J connectivity index is 1.83. The van der Waals surface area contributed by atoms with Crippen LogP contribution >= 0.6 is 22.6 Å². The van der Waals surface area contributed by atoms with Crippen LogP contribution in [0.4, 0.5) is 0 Å². The van der Waals surface area contributed by atoms with Crippen molar-refractivity contribution in [3.8, 4) is 11.8 Å². The molecule has 27 heavy (non-hydrogen) atoms. The fourth-order valence-electron chi connectivity index (χ4n) is 3.14. The van der Waals surface area contributed by atoms with Crippen LogP contribution in [0.2, 0.25) is 0 Å². The molecule has 0 spiro atoms. The minimum absolute atomic E-state index is 0.548. The van der Waals surface area contributed by atoms with Crippen molar-refractivity contribution in [2.75, 3.05) is 6.61 Å². The van der Waals surface area contributed by atoms with E-state index >= 15 is 0 Å². The largest absolute Gasteiger partial charge is 0.364 e. The lowest BCUT2D eigenvalue weighted by molar-refractivity contribution is 0.153. The average molecular weight is 482 g/mol. The first-order chi connectivity index (χ1) is 13.4. The van der Waals surface area contributed by atoms with Crippen LogP contribution in [-0.2, 0) is 15.8 Å². The molecular weight excluding hydrogens is 443 g/mol. The molecule has 0 saturated carbocycles. The van der Waals surface area contributed by atoms with Gasteiger partial charge in [-0.15, -0.1) is 5.92 Å². The summed E-state index contributed by atoms with van der Waals surface area (Å²) in [5.74, 6) is 6.39. The van der Waals surface area contributed by atoms with Crippen molar-refractivity contribution in [3.63, 3.8) is 0 Å². The van der Waals surface area contributed by atoms with Crippen molar-refractivity contribution >= 4 is 22.6 Å². The molecular formula is C25H39IO. The third-order valence-corrected chi connectivity index (χ3v) is 5.78. The molecule has 152 valence electrons. The lowest BCUT2D eigenvalue weighted by Crippen LogP contribution is -1.93. The third kappa shape index (κ3) is 15.1. The monoisotopic (exact) mass is 482 g/mol. The van der Waals surface area contributed by atoms with Crippen LogP contribution in [0.25, 0.3) is 0 Å². The zero-order chi connectivity index (χ0) is 19.4. The maximum Gasteiger partial charge on any atom is 0.108 e. The van der Waals surface area contributed by atoms with E-state index in [-0.39, 0.29) is 0 Å². The van der Waals surface area contributed by atoms with Crippen molar-refractivity contribution in [1.82, 2.24) is 0 Å². The van der Waals surface area contributed by atoms with E-state index in [0.29, 0.717) is 13.2 Å². The summed E-state index contributed by atoms with van der Waals surface area (Å²) < 4.78 is 6.69. The number of ether oxygens (including phenoxy) is 1. The first-order valence-electron chi connectivity index (χ1n) is 11.0. The van der Waals surface area contributed by atoms with E-state index in [0.717, 1.165) is 10.8 Å². The molecule has 0 bridgehead atoms. The number of alkyl halides is 1. The molecule has 0 aliphatic rings. The second-order valence-corrected chi connectivity index (χ2v) is 8.20. The number of halogens is 1. The van der Waals surface area contributed by atoms with Crippen LogP contribution in [0.3, 0.4) is 0 Å². The van der Waals surface area contributed by atoms with Crippen LogP contribution in [0.5, 0.6) is 0 Å². The van der Waals surface area contributed by atoms with Crippen LogP contribution in [0, 0.1) is 11.8 Å². The minimum Gasteiger partial charge on any atom is -0.364 e. The third-order valence-electron chi connectivity index (χ3n) is 4.90. The van der Waals surface area contributed by atoms with Crippen molar-refractivity contribution in [3.05, 3.63) is 35.4 Å². The second kappa shape index (κ2) is 18.8. The molecule has 1 aromatic rings. The van der Waals surface area contributed by atoms with E-state index in [1.54, 1.807) is 0 Å². The summed E-state index contributed by atoms with van der Waals surface area (Å²) in [6, 6.07) is 8.64. The molecule has 1 rings (SSSR count). The zero-order valence-electron chi connectivity index (χ0n) is 17.4. The van der Waals surface area contributed by atoms with Gasteiger partial charge in [0.05, 0.1) is 6.61 Å². The van der Waals surface area contributed by atoms with Crippen LogP contribution in [0.15, 0.2) is 24.3 Å². The molecule has 0 fully saturated rings. The van der Waals surface area contributed by atoms with Crippen LogP contribution in [0.1, 0.15) is 102 Å². The predicted octanol–water partition coefficient (Wildman–Crippen LogP) is 8.23. The molecule has 0 aliphatic heterocycles. The van der Waals surface area contributed by atoms with E-state index in [1.807, 2.05) is 0 Å². The highest BCUT2D eigenvalue weighted by molar-refractivity contribution is 14.1. The average Bonchev–Trinajstić information content (AvgIpc) is 2.70. The van der Waals surface area contributed by atoms with Crippen molar-refractivity contribution in [2.24, 2.45) is 0 Å². The Bertz CT molecular complexity index is 497. The summed E-state index contributed by atoms with van der Waals surface area (Å²) in [5.41, 5.74) is 2.59. The van der Waals surface area contributed by atoms with Gasteiger partial charge in [0.15, 0.2) is 0 Å². The predicted molar refractivity (Wildman–Crippen MR) is 127 cm³/mol. The Morgan fingerprint density at radius 1 is 0.704 bits per heavy atom. The number of unbranched alkanes of at least 4 members (excludes halogenated alkanes) is 12. The van der Waals surface area contributed by atoms with Gasteiger partial charge in [0.1, 0.15) is 6.61 Å². The fourth-order valence-corrected chi connectivity index (χ4v) is 3.65. The SMILES string of the molecule is CCCCCCCCCCCCCCC#CCOCc1ccc(CI)cc1. The van der Waals surface area contributed by atoms with Gasteiger partial charge in [-0.3, -0.25) is 0 Å². The highest BCUT2D eigenvalue weighted by Gasteiger charge is 1.94. The summed E-state index contributed by atoms with van der Waals surface area (Å²) in [6.45, 7) is 3.49. The van der Waals surface area contributed by atoms with Crippen LogP contribution < -0.4 is 0 Å². The summed E-state index contributed by atoms with van der Waals surface area (Å²) in [5, 5.41) is 0. The lowest BCUT2D eigenvalue weighted by Gasteiger charge is -2.02. The van der Waals surface area contributed by atoms with Gasteiger partial charge in [0.2, 0.25) is 0 Å². The molecule has 0 N–H and O–H groups in total. The molecule has 0 heterocycles. The van der Waals surface area contributed by atoms with Gasteiger partial charge in [-0.1, -0.05) is 130 Å². The van der Waals surface area contributed by atoms with Crippen LogP contribution in [-0.4, -0.2) is 6.61 Å². The van der Waals surface area contributed by atoms with E-state index in [9.17, 15) is 0 Å². The Morgan fingerprint density at radius 2 is 1.22 bits per heavy atom. The highest BCUT2D eigenvalue weighted by atomic mass is 127. The molecule has 1 aromatic carbocycles. The molecule has 0 aromatic heterocycles. The Hall–Kier alpha value is -0.530. The van der Waals surface area contributed by atoms with E-state index in [4.69, 9.17) is 4.74 Å². The first-order valence-corrected chi connectivity index (χ1v) is 12.6. The molecule has 0 aliphatic carbocycles. The Morgan fingerprint density at radius 3 is 1.78 bits per heavy atom. The molecule has 0 radical (unpaired) electrons. The number of rotatable bonds is 16. The zero-order valence-corrected chi connectivity index (χ0v) is 19.6. The molecule has 2 heteroatoms. The molecule has 1 nitrogen and oxygen atoms in total. The number of hydrogen-bond acceptors (Lipinski definition) is 1. The summed E-state index contributed by atoms with van der Waals surface area (Å²) >= 11 is 2.38. The number of hydrogen-bond donors (Lipinski definition) is 0. The van der Waals surface area contributed by atoms with Gasteiger partial charge in [-0.05, 0) is 17.5 Å². The maximum atomic E-state index is 5.63. The molecule has 0 unspecified atom stereocenters. The van der Waals surface area contributed by atoms with Gasteiger partial charge in [-0.2, -0.15) is 0 Å². The molecule has 0 saturated heterocycles. The Labute approximate surface area is 182 Å². The highest BCUT2D eigenvalue weighted by Crippen LogP contribution is 2.12. The van der Waals surface area contributed by atoms with Crippen molar-refractivity contribution in [2.45, 2.75) is 101 Å². The normalized spacial score (nSPS) is 10.6. The number of benzene rings is 1. The summed E-state index contributed by atoms with van der Waals surface area (Å²) in [4.78, 5) is 0. The molecule has 0 amide bonds. The first kappa shape index (κ1) is 24.5. The van der Waals surface area contributed by atoms with Gasteiger partial charge in [0.25, 0.3) is 0 Å². The minimum atomic E-state index is 0.548. The van der Waals surface area contributed by atoms with Gasteiger partial charge in [0, 0.05) is 10.8 Å². The smallest absolute Gasteiger partial charge is 0.108 e. The summed E-state index contributed by atoms with van der Waals surface area (Å²) in [7, 11) is 0. The summed E-state index contributed by atoms with van der Waals surface area (Å²) in [6.07, 6.45) is 17.8. The van der Waals surface area contributed by atoms with E-state index in [2.05, 4.69) is 65.6 Å². The van der Waals surface area contributed by atoms with Crippen molar-refractivity contribution < 1.29 is 4.74 Å². The second-order valence-electron chi connectivity index (χ2n) is 7.44. The standard InChI is InChI=1S/C25H39IO/c1-2-3-4-5-6-7-8-9-10-11-12-13-14-15-16-21-27-23-25-19-17-24(22-26)18-20-25/h17-20H,2-14,21-23H2,1H3. The maximum absolute atomic E-state index is 5.63. The van der Waals surface area contributed by atoms with Crippen molar-refractivity contribution in [1.29, 1.82) is 0 Å². The van der Waals surface area contributed by atoms with Gasteiger partial charge < -0.3 is 4.74 Å². The quantitative estimate of drug-likeness (QED) is 0.0998. The van der Waals surface area contributed by atoms with E-state index < -0.39 is 0 Å². The fraction of sp³-hybridized carbons (Fsp3) is 0.680. The van der Waals surface area contributed by atoms with Gasteiger partial charge >= 0.3 is 0 Å².